The monoisotopic (exact) mass is 209 g/mol. The standard InChI is InChI=1S/C12H23N3/c1-6-10(7-8(2)3)11-9(4)12(13)15(5)14-11/h8,10H,6-7,13H2,1-5H3. The van der Waals surface area contributed by atoms with Crippen molar-refractivity contribution in [2.75, 3.05) is 5.73 Å². The predicted molar refractivity (Wildman–Crippen MR) is 64.8 cm³/mol. The largest absolute Gasteiger partial charge is 0.384 e. The molecule has 1 aromatic heterocycles. The van der Waals surface area contributed by atoms with Gasteiger partial charge in [-0.1, -0.05) is 20.8 Å². The van der Waals surface area contributed by atoms with Gasteiger partial charge < -0.3 is 5.73 Å². The van der Waals surface area contributed by atoms with Crippen molar-refractivity contribution in [1.82, 2.24) is 9.78 Å². The van der Waals surface area contributed by atoms with Gasteiger partial charge in [-0.05, 0) is 25.7 Å². The summed E-state index contributed by atoms with van der Waals surface area (Å²) in [6.45, 7) is 8.80. The van der Waals surface area contributed by atoms with Crippen LogP contribution in [-0.4, -0.2) is 9.78 Å². The van der Waals surface area contributed by atoms with Crippen molar-refractivity contribution < 1.29 is 0 Å². The Hall–Kier alpha value is -0.990. The van der Waals surface area contributed by atoms with Crippen LogP contribution in [0.4, 0.5) is 5.82 Å². The third-order valence-electron chi connectivity index (χ3n) is 3.01. The van der Waals surface area contributed by atoms with E-state index < -0.39 is 0 Å². The van der Waals surface area contributed by atoms with E-state index in [0.29, 0.717) is 11.8 Å². The molecular weight excluding hydrogens is 186 g/mol. The molecule has 15 heavy (non-hydrogen) atoms. The van der Waals surface area contributed by atoms with Crippen LogP contribution in [0.15, 0.2) is 0 Å². The number of aryl methyl sites for hydroxylation is 1. The number of hydrogen-bond acceptors (Lipinski definition) is 2. The highest BCUT2D eigenvalue weighted by molar-refractivity contribution is 5.43. The van der Waals surface area contributed by atoms with Crippen LogP contribution in [0.3, 0.4) is 0 Å². The fraction of sp³-hybridized carbons (Fsp3) is 0.750. The lowest BCUT2D eigenvalue weighted by Gasteiger charge is -2.15. The van der Waals surface area contributed by atoms with Crippen LogP contribution < -0.4 is 5.73 Å². The molecular formula is C12H23N3. The first-order valence-corrected chi connectivity index (χ1v) is 5.76. The average Bonchev–Trinajstić information content (AvgIpc) is 2.42. The van der Waals surface area contributed by atoms with Gasteiger partial charge in [0, 0.05) is 18.5 Å². The van der Waals surface area contributed by atoms with E-state index in [-0.39, 0.29) is 0 Å². The van der Waals surface area contributed by atoms with Gasteiger partial charge in [0.2, 0.25) is 0 Å². The van der Waals surface area contributed by atoms with E-state index in [1.54, 1.807) is 4.68 Å². The third kappa shape index (κ3) is 2.52. The Kier molecular flexibility index (Phi) is 3.77. The first-order chi connectivity index (χ1) is 6.97. The highest BCUT2D eigenvalue weighted by Gasteiger charge is 2.19. The van der Waals surface area contributed by atoms with Crippen LogP contribution in [0.2, 0.25) is 0 Å². The van der Waals surface area contributed by atoms with E-state index in [4.69, 9.17) is 5.73 Å². The molecule has 0 amide bonds. The second kappa shape index (κ2) is 4.69. The Balaban J connectivity index is 2.96. The second-order valence-corrected chi connectivity index (χ2v) is 4.75. The minimum atomic E-state index is 0.550. The SMILES string of the molecule is CCC(CC(C)C)c1nn(C)c(N)c1C. The summed E-state index contributed by atoms with van der Waals surface area (Å²) in [6.07, 6.45) is 2.32. The molecule has 0 aliphatic rings. The maximum atomic E-state index is 5.93. The van der Waals surface area contributed by atoms with Crippen molar-refractivity contribution in [1.29, 1.82) is 0 Å². The summed E-state index contributed by atoms with van der Waals surface area (Å²) in [5, 5.41) is 4.53. The Bertz CT molecular complexity index is 326. The number of aromatic nitrogens is 2. The molecule has 0 aromatic carbocycles. The normalized spacial score (nSPS) is 13.5. The summed E-state index contributed by atoms with van der Waals surface area (Å²) >= 11 is 0. The quantitative estimate of drug-likeness (QED) is 0.828. The number of nitrogen functional groups attached to an aromatic ring is 1. The first-order valence-electron chi connectivity index (χ1n) is 5.76. The van der Waals surface area contributed by atoms with Gasteiger partial charge in [-0.15, -0.1) is 0 Å². The number of anilines is 1. The van der Waals surface area contributed by atoms with Gasteiger partial charge in [0.25, 0.3) is 0 Å². The lowest BCUT2D eigenvalue weighted by molar-refractivity contribution is 0.476. The zero-order valence-corrected chi connectivity index (χ0v) is 10.5. The van der Waals surface area contributed by atoms with Crippen molar-refractivity contribution in [2.24, 2.45) is 13.0 Å². The molecule has 1 heterocycles. The predicted octanol–water partition coefficient (Wildman–Crippen LogP) is 2.85. The van der Waals surface area contributed by atoms with Crippen LogP contribution in [-0.2, 0) is 7.05 Å². The number of nitrogens with two attached hydrogens (primary N) is 1. The number of rotatable bonds is 4. The molecule has 86 valence electrons. The van der Waals surface area contributed by atoms with Crippen molar-refractivity contribution in [2.45, 2.75) is 46.5 Å². The number of hydrogen-bond donors (Lipinski definition) is 1. The van der Waals surface area contributed by atoms with Gasteiger partial charge in [0.15, 0.2) is 0 Å². The average molecular weight is 209 g/mol. The lowest BCUT2D eigenvalue weighted by atomic mass is 9.90. The van der Waals surface area contributed by atoms with Gasteiger partial charge in [-0.3, -0.25) is 4.68 Å². The molecule has 0 aliphatic heterocycles. The molecule has 0 aliphatic carbocycles. The fourth-order valence-corrected chi connectivity index (χ4v) is 2.09. The summed E-state index contributed by atoms with van der Waals surface area (Å²) in [5.74, 6) is 2.05. The maximum absolute atomic E-state index is 5.93. The zero-order valence-electron chi connectivity index (χ0n) is 10.5. The van der Waals surface area contributed by atoms with E-state index in [2.05, 4.69) is 32.8 Å². The van der Waals surface area contributed by atoms with E-state index in [9.17, 15) is 0 Å². The van der Waals surface area contributed by atoms with Gasteiger partial charge in [0.1, 0.15) is 5.82 Å². The first kappa shape index (κ1) is 12.1. The maximum Gasteiger partial charge on any atom is 0.124 e. The topological polar surface area (TPSA) is 43.8 Å². The van der Waals surface area contributed by atoms with Crippen molar-refractivity contribution >= 4 is 5.82 Å². The minimum absolute atomic E-state index is 0.550. The summed E-state index contributed by atoms with van der Waals surface area (Å²) in [7, 11) is 1.91. The van der Waals surface area contributed by atoms with Crippen LogP contribution in [0.25, 0.3) is 0 Å². The Labute approximate surface area is 92.7 Å². The third-order valence-corrected chi connectivity index (χ3v) is 3.01. The zero-order chi connectivity index (χ0) is 11.6. The molecule has 1 aromatic rings. The molecule has 0 bridgehead atoms. The molecule has 0 saturated carbocycles. The van der Waals surface area contributed by atoms with Gasteiger partial charge in [0.05, 0.1) is 5.69 Å². The molecule has 0 fully saturated rings. The summed E-state index contributed by atoms with van der Waals surface area (Å²) < 4.78 is 1.79. The van der Waals surface area contributed by atoms with Gasteiger partial charge in [-0.2, -0.15) is 5.10 Å². The summed E-state index contributed by atoms with van der Waals surface area (Å²) in [6, 6.07) is 0. The highest BCUT2D eigenvalue weighted by Crippen LogP contribution is 2.30. The molecule has 1 rings (SSSR count). The van der Waals surface area contributed by atoms with Crippen LogP contribution in [0.1, 0.15) is 50.8 Å². The minimum Gasteiger partial charge on any atom is -0.384 e. The van der Waals surface area contributed by atoms with Crippen LogP contribution in [0, 0.1) is 12.8 Å². The van der Waals surface area contributed by atoms with Crippen molar-refractivity contribution in [3.8, 4) is 0 Å². The van der Waals surface area contributed by atoms with Crippen LogP contribution >= 0.6 is 0 Å². The molecule has 0 saturated heterocycles. The number of nitrogens with zero attached hydrogens (tertiary/aromatic N) is 2. The van der Waals surface area contributed by atoms with E-state index in [0.717, 1.165) is 17.8 Å². The molecule has 3 heteroatoms. The highest BCUT2D eigenvalue weighted by atomic mass is 15.3. The van der Waals surface area contributed by atoms with Crippen LogP contribution in [0.5, 0.6) is 0 Å². The molecule has 1 unspecified atom stereocenters. The molecule has 1 atom stereocenters. The summed E-state index contributed by atoms with van der Waals surface area (Å²) in [4.78, 5) is 0. The smallest absolute Gasteiger partial charge is 0.124 e. The lowest BCUT2D eigenvalue weighted by Crippen LogP contribution is -2.04. The van der Waals surface area contributed by atoms with E-state index in [1.807, 2.05) is 7.05 Å². The molecule has 3 nitrogen and oxygen atoms in total. The fourth-order valence-electron chi connectivity index (χ4n) is 2.09. The summed E-state index contributed by atoms with van der Waals surface area (Å²) in [5.41, 5.74) is 8.27. The second-order valence-electron chi connectivity index (χ2n) is 4.75. The van der Waals surface area contributed by atoms with Crippen molar-refractivity contribution in [3.63, 3.8) is 0 Å². The van der Waals surface area contributed by atoms with Crippen molar-refractivity contribution in [3.05, 3.63) is 11.3 Å². The molecule has 0 radical (unpaired) electrons. The Morgan fingerprint density at radius 2 is 2.00 bits per heavy atom. The molecule has 0 spiro atoms. The molecule has 2 N–H and O–H groups in total. The van der Waals surface area contributed by atoms with E-state index in [1.165, 1.54) is 12.1 Å². The Morgan fingerprint density at radius 3 is 2.33 bits per heavy atom. The Morgan fingerprint density at radius 1 is 1.40 bits per heavy atom. The van der Waals surface area contributed by atoms with Gasteiger partial charge in [-0.25, -0.2) is 0 Å². The van der Waals surface area contributed by atoms with E-state index >= 15 is 0 Å². The van der Waals surface area contributed by atoms with Gasteiger partial charge >= 0.3 is 0 Å².